The fraction of sp³-hybridized carbons (Fsp3) is 0.391. The Morgan fingerprint density at radius 1 is 1.00 bits per heavy atom. The summed E-state index contributed by atoms with van der Waals surface area (Å²) in [6.07, 6.45) is 6.33. The third-order valence-corrected chi connectivity index (χ3v) is 5.77. The van der Waals surface area contributed by atoms with Crippen LogP contribution in [-0.2, 0) is 9.53 Å². The Hall–Kier alpha value is -2.82. The molecule has 1 aliphatic heterocycles. The summed E-state index contributed by atoms with van der Waals surface area (Å²) in [6.45, 7) is 3.96. The van der Waals surface area contributed by atoms with Gasteiger partial charge in [0.05, 0.1) is 6.04 Å². The molecule has 0 bridgehead atoms. The molecular weight excluding hydrogens is 352 g/mol. The molecule has 5 heteroatoms. The summed E-state index contributed by atoms with van der Waals surface area (Å²) in [5.74, 6) is -0.978. The number of nitrogens with one attached hydrogen (secondary N) is 2. The van der Waals surface area contributed by atoms with Crippen LogP contribution in [0.2, 0.25) is 0 Å². The highest BCUT2D eigenvalue weighted by molar-refractivity contribution is 5.90. The number of urea groups is 1. The maximum Gasteiger partial charge on any atom is 0.319 e. The fourth-order valence-corrected chi connectivity index (χ4v) is 4.34. The van der Waals surface area contributed by atoms with E-state index in [9.17, 15) is 9.59 Å². The number of esters is 1. The number of hydrogen-bond acceptors (Lipinski definition) is 3. The predicted molar refractivity (Wildman–Crippen MR) is 109 cm³/mol. The minimum atomic E-state index is -0.660. The van der Waals surface area contributed by atoms with Crippen molar-refractivity contribution in [1.82, 2.24) is 10.6 Å². The molecule has 2 unspecified atom stereocenters. The minimum absolute atomic E-state index is 0.0476. The molecule has 1 heterocycles. The van der Waals surface area contributed by atoms with Crippen LogP contribution in [0.1, 0.15) is 50.1 Å². The molecule has 2 aromatic rings. The molecule has 5 nitrogen and oxygen atoms in total. The zero-order valence-corrected chi connectivity index (χ0v) is 15.9. The molecule has 4 rings (SSSR count). The van der Waals surface area contributed by atoms with Crippen molar-refractivity contribution in [2.24, 2.45) is 5.92 Å². The molecule has 146 valence electrons. The van der Waals surface area contributed by atoms with Gasteiger partial charge in [-0.05, 0) is 42.0 Å². The number of fused-ring (bicyclic) bond motifs is 1. The second kappa shape index (κ2) is 8.05. The van der Waals surface area contributed by atoms with Gasteiger partial charge in [0.2, 0.25) is 0 Å². The van der Waals surface area contributed by atoms with Crippen LogP contribution < -0.4 is 10.6 Å². The molecule has 2 atom stereocenters. The number of rotatable bonds is 3. The Balaban J connectivity index is 1.65. The first kappa shape index (κ1) is 18.5. The Labute approximate surface area is 165 Å². The molecule has 2 amide bonds. The van der Waals surface area contributed by atoms with Gasteiger partial charge in [-0.25, -0.2) is 4.79 Å². The van der Waals surface area contributed by atoms with E-state index in [1.54, 1.807) is 0 Å². The van der Waals surface area contributed by atoms with Crippen LogP contribution in [0.5, 0.6) is 0 Å². The van der Waals surface area contributed by atoms with E-state index < -0.39 is 12.0 Å². The lowest BCUT2D eigenvalue weighted by Gasteiger charge is -2.34. The summed E-state index contributed by atoms with van der Waals surface area (Å²) in [5.41, 5.74) is 1.29. The Morgan fingerprint density at radius 2 is 1.71 bits per heavy atom. The van der Waals surface area contributed by atoms with Crippen molar-refractivity contribution in [2.75, 3.05) is 0 Å². The highest BCUT2D eigenvalue weighted by atomic mass is 16.5. The van der Waals surface area contributed by atoms with Crippen molar-refractivity contribution in [3.8, 4) is 0 Å². The molecule has 2 N–H and O–H groups in total. The van der Waals surface area contributed by atoms with Gasteiger partial charge in [0.25, 0.3) is 0 Å². The van der Waals surface area contributed by atoms with E-state index >= 15 is 0 Å². The standard InChI is InChI=1S/C23H26N2O3/c1-15-20(22(26)28-17-11-4-2-3-5-12-17)21(25-23(27)24-15)19-14-8-10-16-9-6-7-13-18(16)19/h6-10,13-14,17,20-21H,1-5,11-12H2,(H2,24,25,27). The largest absolute Gasteiger partial charge is 0.462 e. The van der Waals surface area contributed by atoms with Crippen molar-refractivity contribution in [3.05, 3.63) is 60.3 Å². The van der Waals surface area contributed by atoms with Crippen molar-refractivity contribution in [1.29, 1.82) is 0 Å². The molecule has 1 saturated carbocycles. The van der Waals surface area contributed by atoms with Gasteiger partial charge in [-0.1, -0.05) is 61.9 Å². The lowest BCUT2D eigenvalue weighted by atomic mass is 9.86. The second-order valence-electron chi connectivity index (χ2n) is 7.70. The third kappa shape index (κ3) is 3.75. The SMILES string of the molecule is C=C1NC(=O)NC(c2cccc3ccccc23)C1C(=O)OC1CCCCCC1. The zero-order valence-electron chi connectivity index (χ0n) is 15.9. The molecule has 2 aliphatic rings. The summed E-state index contributed by atoms with van der Waals surface area (Å²) < 4.78 is 5.89. The Kier molecular flexibility index (Phi) is 5.33. The molecule has 0 aromatic heterocycles. The highest BCUT2D eigenvalue weighted by Crippen LogP contribution is 2.35. The summed E-state index contributed by atoms with van der Waals surface area (Å²) in [5, 5.41) is 7.66. The van der Waals surface area contributed by atoms with Crippen LogP contribution in [-0.4, -0.2) is 18.1 Å². The van der Waals surface area contributed by atoms with Crippen molar-refractivity contribution in [2.45, 2.75) is 50.7 Å². The lowest BCUT2D eigenvalue weighted by molar-refractivity contribution is -0.154. The van der Waals surface area contributed by atoms with E-state index in [0.29, 0.717) is 5.70 Å². The van der Waals surface area contributed by atoms with Crippen LogP contribution in [0.15, 0.2) is 54.7 Å². The van der Waals surface area contributed by atoms with E-state index in [2.05, 4.69) is 17.2 Å². The molecule has 2 fully saturated rings. The van der Waals surface area contributed by atoms with Gasteiger partial charge in [0, 0.05) is 5.70 Å². The summed E-state index contributed by atoms with van der Waals surface area (Å²) >= 11 is 0. The van der Waals surface area contributed by atoms with Crippen LogP contribution in [0.4, 0.5) is 4.79 Å². The van der Waals surface area contributed by atoms with E-state index in [1.165, 1.54) is 12.8 Å². The fourth-order valence-electron chi connectivity index (χ4n) is 4.34. The minimum Gasteiger partial charge on any atom is -0.462 e. The van der Waals surface area contributed by atoms with Crippen LogP contribution in [0, 0.1) is 5.92 Å². The van der Waals surface area contributed by atoms with Crippen LogP contribution in [0.3, 0.4) is 0 Å². The van der Waals surface area contributed by atoms with Crippen LogP contribution >= 0.6 is 0 Å². The maximum absolute atomic E-state index is 13.1. The Morgan fingerprint density at radius 3 is 2.50 bits per heavy atom. The van der Waals surface area contributed by atoms with Gasteiger partial charge in [-0.2, -0.15) is 0 Å². The average Bonchev–Trinajstić information content (AvgIpc) is 2.95. The van der Waals surface area contributed by atoms with Gasteiger partial charge in [0.15, 0.2) is 0 Å². The van der Waals surface area contributed by atoms with Crippen molar-refractivity contribution >= 4 is 22.8 Å². The maximum atomic E-state index is 13.1. The summed E-state index contributed by atoms with van der Waals surface area (Å²) in [4.78, 5) is 25.3. The second-order valence-corrected chi connectivity index (χ2v) is 7.70. The number of carbonyl (C=O) groups is 2. The van der Waals surface area contributed by atoms with Gasteiger partial charge in [-0.15, -0.1) is 0 Å². The van der Waals surface area contributed by atoms with E-state index in [-0.39, 0.29) is 18.1 Å². The lowest BCUT2D eigenvalue weighted by Crippen LogP contribution is -2.51. The summed E-state index contributed by atoms with van der Waals surface area (Å²) in [6, 6.07) is 13.0. The molecule has 2 aromatic carbocycles. The normalized spacial score (nSPS) is 23.6. The zero-order chi connectivity index (χ0) is 19.5. The van der Waals surface area contributed by atoms with Gasteiger partial charge < -0.3 is 15.4 Å². The topological polar surface area (TPSA) is 67.4 Å². The highest BCUT2D eigenvalue weighted by Gasteiger charge is 2.40. The molecule has 0 spiro atoms. The smallest absolute Gasteiger partial charge is 0.319 e. The quantitative estimate of drug-likeness (QED) is 0.606. The first-order chi connectivity index (χ1) is 13.6. The molecule has 28 heavy (non-hydrogen) atoms. The van der Waals surface area contributed by atoms with Crippen molar-refractivity contribution < 1.29 is 14.3 Å². The number of benzene rings is 2. The predicted octanol–water partition coefficient (Wildman–Crippen LogP) is 4.59. The van der Waals surface area contributed by atoms with E-state index in [1.807, 2.05) is 42.5 Å². The van der Waals surface area contributed by atoms with Crippen molar-refractivity contribution in [3.63, 3.8) is 0 Å². The van der Waals surface area contributed by atoms with E-state index in [4.69, 9.17) is 4.74 Å². The molecule has 1 saturated heterocycles. The molecule has 1 aliphatic carbocycles. The van der Waals surface area contributed by atoms with Crippen LogP contribution in [0.25, 0.3) is 10.8 Å². The number of ether oxygens (including phenoxy) is 1. The molecule has 0 radical (unpaired) electrons. The summed E-state index contributed by atoms with van der Waals surface area (Å²) in [7, 11) is 0. The first-order valence-corrected chi connectivity index (χ1v) is 10.1. The van der Waals surface area contributed by atoms with E-state index in [0.717, 1.165) is 42.0 Å². The van der Waals surface area contributed by atoms with Gasteiger partial charge >= 0.3 is 12.0 Å². The number of carbonyl (C=O) groups excluding carboxylic acids is 2. The van der Waals surface area contributed by atoms with Gasteiger partial charge in [0.1, 0.15) is 12.0 Å². The number of hydrogen-bond donors (Lipinski definition) is 2. The monoisotopic (exact) mass is 378 g/mol. The Bertz CT molecular complexity index is 894. The molecular formula is C23H26N2O3. The first-order valence-electron chi connectivity index (χ1n) is 10.1. The average molecular weight is 378 g/mol. The third-order valence-electron chi connectivity index (χ3n) is 5.77. The van der Waals surface area contributed by atoms with Gasteiger partial charge in [-0.3, -0.25) is 4.79 Å². The number of amides is 2.